The zero-order valence-electron chi connectivity index (χ0n) is 21.0. The van der Waals surface area contributed by atoms with Crippen LogP contribution in [0.1, 0.15) is 51.3 Å². The maximum atomic E-state index is 14.3. The van der Waals surface area contributed by atoms with Crippen molar-refractivity contribution < 1.29 is 14.3 Å². The largest absolute Gasteiger partial charge is 0.463 e. The molecule has 9 nitrogen and oxygen atoms in total. The summed E-state index contributed by atoms with van der Waals surface area (Å²) in [5.74, 6) is -0.334. The quantitative estimate of drug-likeness (QED) is 0.410. The minimum Gasteiger partial charge on any atom is -0.463 e. The number of amides is 1. The van der Waals surface area contributed by atoms with Crippen LogP contribution in [-0.2, 0) is 19.9 Å². The highest BCUT2D eigenvalue weighted by Crippen LogP contribution is 2.45. The topological polar surface area (TPSA) is 127 Å². The first kappa shape index (κ1) is 26.6. The number of nitrogens with zero attached hydrogens (tertiary/aromatic N) is 4. The normalized spacial score (nSPS) is 18.6. The van der Waals surface area contributed by atoms with Crippen molar-refractivity contribution in [3.63, 3.8) is 0 Å². The van der Waals surface area contributed by atoms with Gasteiger partial charge in [-0.2, -0.15) is 5.10 Å². The van der Waals surface area contributed by atoms with Crippen LogP contribution in [0.5, 0.6) is 0 Å². The first-order valence-corrected chi connectivity index (χ1v) is 12.4. The van der Waals surface area contributed by atoms with Crippen LogP contribution >= 0.6 is 23.2 Å². The average molecular weight is 543 g/mol. The molecule has 3 aromatic rings. The molecule has 37 heavy (non-hydrogen) atoms. The van der Waals surface area contributed by atoms with Crippen molar-refractivity contribution >= 4 is 41.0 Å². The van der Waals surface area contributed by atoms with E-state index in [-0.39, 0.29) is 23.9 Å². The van der Waals surface area contributed by atoms with E-state index in [2.05, 4.69) is 15.2 Å². The van der Waals surface area contributed by atoms with Crippen molar-refractivity contribution in [1.29, 1.82) is 0 Å². The van der Waals surface area contributed by atoms with Gasteiger partial charge in [0.1, 0.15) is 12.9 Å². The summed E-state index contributed by atoms with van der Waals surface area (Å²) in [5.41, 5.74) is 6.80. The van der Waals surface area contributed by atoms with E-state index in [4.69, 9.17) is 38.7 Å². The molecule has 2 heterocycles. The van der Waals surface area contributed by atoms with Gasteiger partial charge in [0, 0.05) is 17.5 Å². The van der Waals surface area contributed by atoms with E-state index in [1.807, 2.05) is 20.8 Å². The predicted octanol–water partition coefficient (Wildman–Crippen LogP) is 4.87. The van der Waals surface area contributed by atoms with Crippen LogP contribution in [0, 0.1) is 5.41 Å². The number of carbonyl (C=O) groups excluding carboxylic acids is 2. The van der Waals surface area contributed by atoms with Crippen LogP contribution < -0.4 is 5.73 Å². The number of hydrogen-bond acceptors (Lipinski definition) is 7. The summed E-state index contributed by atoms with van der Waals surface area (Å²) < 4.78 is 5.39. The van der Waals surface area contributed by atoms with Crippen molar-refractivity contribution in [3.8, 4) is 11.4 Å². The maximum Gasteiger partial charge on any atom is 0.302 e. The Labute approximate surface area is 225 Å². The van der Waals surface area contributed by atoms with E-state index in [1.165, 1.54) is 18.2 Å². The number of carbonyl (C=O) groups is 2. The number of rotatable bonds is 7. The van der Waals surface area contributed by atoms with E-state index >= 15 is 0 Å². The highest BCUT2D eigenvalue weighted by molar-refractivity contribution is 6.33. The molecule has 194 valence electrons. The summed E-state index contributed by atoms with van der Waals surface area (Å²) in [6.45, 7) is 7.27. The SMILES string of the molecule is CC(=O)OC[C@H](c1ccc(Cl)c(-c2ncn[nH]2)c1)N1C(=O)[C@@](CC(C)(C)C)(c2ccc(Cl)cc2)N=C1N. The van der Waals surface area contributed by atoms with Gasteiger partial charge in [0.05, 0.1) is 11.1 Å². The minimum absolute atomic E-state index is 0.0255. The number of hydrogen-bond donors (Lipinski definition) is 2. The Morgan fingerprint density at radius 3 is 2.49 bits per heavy atom. The molecule has 1 aliphatic rings. The molecule has 0 radical (unpaired) electrons. The summed E-state index contributed by atoms with van der Waals surface area (Å²) in [6, 6.07) is 11.5. The number of nitrogens with one attached hydrogen (secondary N) is 1. The van der Waals surface area contributed by atoms with Gasteiger partial charge in [-0.1, -0.05) is 62.2 Å². The Balaban J connectivity index is 1.83. The Hall–Kier alpha value is -3.43. The van der Waals surface area contributed by atoms with Crippen molar-refractivity contribution in [2.45, 2.75) is 45.7 Å². The van der Waals surface area contributed by atoms with Crippen LogP contribution in [0.3, 0.4) is 0 Å². The molecule has 1 aliphatic heterocycles. The van der Waals surface area contributed by atoms with Crippen LogP contribution in [0.15, 0.2) is 53.8 Å². The second kappa shape index (κ2) is 10.1. The first-order valence-electron chi connectivity index (χ1n) is 11.6. The summed E-state index contributed by atoms with van der Waals surface area (Å²) in [5, 5.41) is 7.66. The number of aromatic amines is 1. The molecule has 0 spiro atoms. The lowest BCUT2D eigenvalue weighted by Crippen LogP contribution is -2.47. The molecule has 3 N–H and O–H groups in total. The Morgan fingerprint density at radius 2 is 1.89 bits per heavy atom. The molecule has 11 heteroatoms. The maximum absolute atomic E-state index is 14.3. The molecule has 1 amide bonds. The molecule has 0 saturated carbocycles. The van der Waals surface area contributed by atoms with E-state index in [0.717, 1.165) is 0 Å². The lowest BCUT2D eigenvalue weighted by molar-refractivity contribution is -0.145. The third kappa shape index (κ3) is 5.47. The third-order valence-corrected chi connectivity index (χ3v) is 6.62. The van der Waals surface area contributed by atoms with Gasteiger partial charge in [-0.05, 0) is 47.2 Å². The van der Waals surface area contributed by atoms with Gasteiger partial charge in [-0.25, -0.2) is 9.98 Å². The van der Waals surface area contributed by atoms with Crippen LogP contribution in [0.2, 0.25) is 10.0 Å². The number of halogens is 2. The van der Waals surface area contributed by atoms with Gasteiger partial charge < -0.3 is 10.5 Å². The lowest BCUT2D eigenvalue weighted by Gasteiger charge is -2.34. The molecule has 0 bridgehead atoms. The summed E-state index contributed by atoms with van der Waals surface area (Å²) >= 11 is 12.6. The van der Waals surface area contributed by atoms with Crippen LogP contribution in [-0.4, -0.2) is 44.5 Å². The van der Waals surface area contributed by atoms with Gasteiger partial charge >= 0.3 is 5.97 Å². The van der Waals surface area contributed by atoms with Gasteiger partial charge in [-0.3, -0.25) is 19.6 Å². The van der Waals surface area contributed by atoms with Gasteiger partial charge in [0.2, 0.25) is 0 Å². The monoisotopic (exact) mass is 542 g/mol. The number of aromatic nitrogens is 3. The summed E-state index contributed by atoms with van der Waals surface area (Å²) in [4.78, 5) is 36.5. The Morgan fingerprint density at radius 1 is 1.19 bits per heavy atom. The average Bonchev–Trinajstić information content (AvgIpc) is 3.42. The number of aliphatic imine (C=N–C) groups is 1. The van der Waals surface area contributed by atoms with Crippen LogP contribution in [0.25, 0.3) is 11.4 Å². The van der Waals surface area contributed by atoms with Gasteiger partial charge in [0.15, 0.2) is 17.3 Å². The fourth-order valence-electron chi connectivity index (χ4n) is 4.58. The fraction of sp³-hybridized carbons (Fsp3) is 0.346. The standard InChI is InChI=1S/C26H28Cl2N6O3/c1-15(35)37-12-21(16-5-10-20(28)19(11-16)22-30-14-31-33-22)34-23(36)26(32-24(34)29,13-25(2,3)4)17-6-8-18(27)9-7-17/h5-11,14,21H,12-13H2,1-4H3,(H2,29,32)(H,30,31,33)/t21-,26-/m1/s1. The molecule has 0 fully saturated rings. The number of nitrogens with two attached hydrogens (primary N) is 1. The van der Waals surface area contributed by atoms with E-state index in [0.29, 0.717) is 39.0 Å². The second-order valence-electron chi connectivity index (χ2n) is 10.1. The minimum atomic E-state index is -1.28. The smallest absolute Gasteiger partial charge is 0.302 e. The van der Waals surface area contributed by atoms with E-state index in [1.54, 1.807) is 42.5 Å². The van der Waals surface area contributed by atoms with Gasteiger partial charge in [0.25, 0.3) is 5.91 Å². The van der Waals surface area contributed by atoms with E-state index < -0.39 is 17.6 Å². The molecule has 2 aromatic carbocycles. The zero-order chi connectivity index (χ0) is 27.0. The molecular weight excluding hydrogens is 515 g/mol. The Kier molecular flexibility index (Phi) is 7.30. The molecule has 2 atom stereocenters. The molecule has 0 aliphatic carbocycles. The molecular formula is C26H28Cl2N6O3. The van der Waals surface area contributed by atoms with Crippen molar-refractivity contribution in [1.82, 2.24) is 20.1 Å². The fourth-order valence-corrected chi connectivity index (χ4v) is 4.92. The molecule has 0 unspecified atom stereocenters. The van der Waals surface area contributed by atoms with E-state index in [9.17, 15) is 9.59 Å². The number of ether oxygens (including phenoxy) is 1. The second-order valence-corrected chi connectivity index (χ2v) is 11.0. The lowest BCUT2D eigenvalue weighted by atomic mass is 9.75. The van der Waals surface area contributed by atoms with Gasteiger partial charge in [-0.15, -0.1) is 0 Å². The molecule has 0 saturated heterocycles. The number of H-pyrrole nitrogens is 1. The first-order chi connectivity index (χ1) is 17.4. The van der Waals surface area contributed by atoms with Crippen LogP contribution in [0.4, 0.5) is 0 Å². The van der Waals surface area contributed by atoms with Crippen molar-refractivity contribution in [2.75, 3.05) is 6.61 Å². The summed E-state index contributed by atoms with van der Waals surface area (Å²) in [6.07, 6.45) is 1.76. The van der Waals surface area contributed by atoms with Crippen molar-refractivity contribution in [3.05, 3.63) is 70.0 Å². The molecule has 1 aromatic heterocycles. The Bertz CT molecular complexity index is 1340. The third-order valence-electron chi connectivity index (χ3n) is 6.03. The number of benzene rings is 2. The summed E-state index contributed by atoms with van der Waals surface area (Å²) in [7, 11) is 0. The highest BCUT2D eigenvalue weighted by atomic mass is 35.5. The highest BCUT2D eigenvalue weighted by Gasteiger charge is 2.53. The van der Waals surface area contributed by atoms with Crippen molar-refractivity contribution in [2.24, 2.45) is 16.1 Å². The molecule has 4 rings (SSSR count). The number of guanidine groups is 1. The predicted molar refractivity (Wildman–Crippen MR) is 142 cm³/mol. The number of esters is 1. The zero-order valence-corrected chi connectivity index (χ0v) is 22.5.